The zero-order valence-corrected chi connectivity index (χ0v) is 12.0. The van der Waals surface area contributed by atoms with E-state index in [1.165, 1.54) is 4.68 Å². The molecule has 21 heavy (non-hydrogen) atoms. The van der Waals surface area contributed by atoms with E-state index in [9.17, 15) is 4.79 Å². The topological polar surface area (TPSA) is 44.1 Å². The van der Waals surface area contributed by atoms with Gasteiger partial charge in [-0.1, -0.05) is 18.2 Å². The maximum absolute atomic E-state index is 12.2. The molecule has 2 aromatic carbocycles. The Morgan fingerprint density at radius 3 is 2.71 bits per heavy atom. The number of aromatic nitrogens is 2. The van der Waals surface area contributed by atoms with Crippen molar-refractivity contribution in [3.63, 3.8) is 0 Å². The average molecular weight is 280 g/mol. The minimum atomic E-state index is -0.0489. The molecule has 0 aliphatic carbocycles. The van der Waals surface area contributed by atoms with Crippen molar-refractivity contribution in [3.8, 4) is 16.9 Å². The molecule has 3 rings (SSSR count). The minimum absolute atomic E-state index is 0.0489. The van der Waals surface area contributed by atoms with Crippen LogP contribution in [-0.4, -0.2) is 16.9 Å². The van der Waals surface area contributed by atoms with Crippen LogP contribution in [0, 0.1) is 0 Å². The molecule has 0 radical (unpaired) electrons. The van der Waals surface area contributed by atoms with E-state index in [-0.39, 0.29) is 5.56 Å². The molecule has 106 valence electrons. The van der Waals surface area contributed by atoms with Crippen molar-refractivity contribution in [2.24, 2.45) is 0 Å². The summed E-state index contributed by atoms with van der Waals surface area (Å²) in [4.78, 5) is 12.2. The minimum Gasteiger partial charge on any atom is -0.497 e. The van der Waals surface area contributed by atoms with Crippen LogP contribution in [0.5, 0.6) is 5.75 Å². The number of rotatable bonds is 3. The van der Waals surface area contributed by atoms with Gasteiger partial charge in [0.25, 0.3) is 5.56 Å². The van der Waals surface area contributed by atoms with Gasteiger partial charge < -0.3 is 4.74 Å². The predicted octanol–water partition coefficient (Wildman–Crippen LogP) is 3.09. The van der Waals surface area contributed by atoms with Crippen molar-refractivity contribution >= 4 is 10.8 Å². The molecular weight excluding hydrogens is 264 g/mol. The first-order valence-corrected chi connectivity index (χ1v) is 6.87. The molecule has 4 heteroatoms. The number of ether oxygens (including phenoxy) is 1. The molecule has 0 saturated carbocycles. The second-order valence-corrected chi connectivity index (χ2v) is 4.80. The van der Waals surface area contributed by atoms with Gasteiger partial charge in [0.15, 0.2) is 0 Å². The van der Waals surface area contributed by atoms with Gasteiger partial charge in [-0.2, -0.15) is 5.10 Å². The Kier molecular flexibility index (Phi) is 3.44. The molecule has 0 aliphatic heterocycles. The smallest absolute Gasteiger partial charge is 0.274 e. The van der Waals surface area contributed by atoms with Gasteiger partial charge >= 0.3 is 0 Å². The first kappa shape index (κ1) is 13.4. The van der Waals surface area contributed by atoms with Crippen LogP contribution in [0.1, 0.15) is 6.92 Å². The van der Waals surface area contributed by atoms with E-state index in [0.717, 1.165) is 22.3 Å². The lowest BCUT2D eigenvalue weighted by Gasteiger charge is -2.07. The largest absolute Gasteiger partial charge is 0.497 e. The highest BCUT2D eigenvalue weighted by molar-refractivity contribution is 5.86. The van der Waals surface area contributed by atoms with E-state index in [2.05, 4.69) is 5.10 Å². The molecule has 1 aromatic heterocycles. The van der Waals surface area contributed by atoms with Crippen LogP contribution in [0.4, 0.5) is 0 Å². The van der Waals surface area contributed by atoms with Crippen molar-refractivity contribution in [1.29, 1.82) is 0 Å². The third-order valence-electron chi connectivity index (χ3n) is 3.56. The van der Waals surface area contributed by atoms with Gasteiger partial charge in [0.05, 0.1) is 18.7 Å². The van der Waals surface area contributed by atoms with Gasteiger partial charge in [-0.25, -0.2) is 4.68 Å². The Hall–Kier alpha value is -2.62. The van der Waals surface area contributed by atoms with Gasteiger partial charge in [0.1, 0.15) is 5.75 Å². The number of fused-ring (bicyclic) bond motifs is 1. The van der Waals surface area contributed by atoms with Crippen LogP contribution in [0.2, 0.25) is 0 Å². The van der Waals surface area contributed by atoms with E-state index in [0.29, 0.717) is 11.9 Å². The molecule has 0 bridgehead atoms. The first-order valence-electron chi connectivity index (χ1n) is 6.87. The van der Waals surface area contributed by atoms with Gasteiger partial charge in [-0.3, -0.25) is 4.79 Å². The number of benzene rings is 2. The van der Waals surface area contributed by atoms with E-state index < -0.39 is 0 Å². The quantitative estimate of drug-likeness (QED) is 0.740. The fraction of sp³-hybridized carbons (Fsp3) is 0.176. The summed E-state index contributed by atoms with van der Waals surface area (Å²) < 4.78 is 6.71. The molecule has 1 heterocycles. The van der Waals surface area contributed by atoms with Crippen molar-refractivity contribution in [2.45, 2.75) is 13.5 Å². The molecule has 0 amide bonds. The van der Waals surface area contributed by atoms with Gasteiger partial charge in [0, 0.05) is 11.9 Å². The average Bonchev–Trinajstić information content (AvgIpc) is 2.55. The Labute approximate surface area is 122 Å². The summed E-state index contributed by atoms with van der Waals surface area (Å²) in [5.74, 6) is 0.812. The highest BCUT2D eigenvalue weighted by Crippen LogP contribution is 2.25. The van der Waals surface area contributed by atoms with Crippen LogP contribution < -0.4 is 10.3 Å². The van der Waals surface area contributed by atoms with Crippen LogP contribution in [0.15, 0.2) is 53.5 Å². The summed E-state index contributed by atoms with van der Waals surface area (Å²) in [5, 5.41) is 5.72. The van der Waals surface area contributed by atoms with Crippen molar-refractivity contribution in [3.05, 3.63) is 59.0 Å². The molecule has 0 atom stereocenters. The number of methoxy groups -OCH3 is 1. The predicted molar refractivity (Wildman–Crippen MR) is 83.7 cm³/mol. The van der Waals surface area contributed by atoms with Crippen molar-refractivity contribution < 1.29 is 4.74 Å². The second-order valence-electron chi connectivity index (χ2n) is 4.80. The monoisotopic (exact) mass is 280 g/mol. The Balaban J connectivity index is 2.15. The van der Waals surface area contributed by atoms with Crippen LogP contribution >= 0.6 is 0 Å². The van der Waals surface area contributed by atoms with E-state index in [1.807, 2.05) is 49.4 Å². The fourth-order valence-corrected chi connectivity index (χ4v) is 2.40. The fourth-order valence-electron chi connectivity index (χ4n) is 2.40. The molecule has 0 N–H and O–H groups in total. The van der Waals surface area contributed by atoms with Crippen molar-refractivity contribution in [2.75, 3.05) is 7.11 Å². The Bertz CT molecular complexity index is 853. The highest BCUT2D eigenvalue weighted by atomic mass is 16.5. The lowest BCUT2D eigenvalue weighted by Crippen LogP contribution is -2.21. The van der Waals surface area contributed by atoms with Gasteiger partial charge in [-0.15, -0.1) is 0 Å². The van der Waals surface area contributed by atoms with E-state index in [1.54, 1.807) is 13.3 Å². The summed E-state index contributed by atoms with van der Waals surface area (Å²) in [6.45, 7) is 2.48. The number of nitrogens with zero attached hydrogens (tertiary/aromatic N) is 2. The first-order chi connectivity index (χ1) is 10.2. The van der Waals surface area contributed by atoms with E-state index in [4.69, 9.17) is 4.74 Å². The summed E-state index contributed by atoms with van der Waals surface area (Å²) >= 11 is 0. The molecular formula is C17H16N2O2. The normalized spacial score (nSPS) is 10.8. The lowest BCUT2D eigenvalue weighted by molar-refractivity contribution is 0.415. The summed E-state index contributed by atoms with van der Waals surface area (Å²) in [6, 6.07) is 13.7. The Morgan fingerprint density at radius 2 is 1.95 bits per heavy atom. The molecule has 3 aromatic rings. The SMILES string of the molecule is CCn1ncc2cc(-c3cccc(OC)c3)ccc2c1=O. The molecule has 4 nitrogen and oxygen atoms in total. The third kappa shape index (κ3) is 2.40. The van der Waals surface area contributed by atoms with E-state index >= 15 is 0 Å². The van der Waals surface area contributed by atoms with Gasteiger partial charge in [0.2, 0.25) is 0 Å². The summed E-state index contributed by atoms with van der Waals surface area (Å²) in [7, 11) is 1.65. The third-order valence-corrected chi connectivity index (χ3v) is 3.56. The number of hydrogen-bond acceptors (Lipinski definition) is 3. The van der Waals surface area contributed by atoms with Crippen molar-refractivity contribution in [1.82, 2.24) is 9.78 Å². The Morgan fingerprint density at radius 1 is 1.14 bits per heavy atom. The summed E-state index contributed by atoms with van der Waals surface area (Å²) in [6.07, 6.45) is 1.74. The zero-order valence-electron chi connectivity index (χ0n) is 12.0. The molecule has 0 aliphatic rings. The molecule has 0 fully saturated rings. The van der Waals surface area contributed by atoms with Gasteiger partial charge in [-0.05, 0) is 42.3 Å². The standard InChI is InChI=1S/C17H16N2O2/c1-3-19-17(20)16-8-7-13(9-14(16)11-18-19)12-5-4-6-15(10-12)21-2/h4-11H,3H2,1-2H3. The molecule has 0 spiro atoms. The summed E-state index contributed by atoms with van der Waals surface area (Å²) in [5.41, 5.74) is 2.04. The maximum Gasteiger partial charge on any atom is 0.274 e. The highest BCUT2D eigenvalue weighted by Gasteiger charge is 2.05. The zero-order chi connectivity index (χ0) is 14.8. The molecule has 0 saturated heterocycles. The lowest BCUT2D eigenvalue weighted by atomic mass is 10.0. The number of aryl methyl sites for hydroxylation is 1. The number of hydrogen-bond donors (Lipinski definition) is 0. The maximum atomic E-state index is 12.2. The second kappa shape index (κ2) is 5.40. The van der Waals surface area contributed by atoms with Crippen LogP contribution in [0.3, 0.4) is 0 Å². The van der Waals surface area contributed by atoms with Crippen LogP contribution in [0.25, 0.3) is 21.9 Å². The van der Waals surface area contributed by atoms with Crippen LogP contribution in [-0.2, 0) is 6.54 Å². The molecule has 0 unspecified atom stereocenters.